The van der Waals surface area contributed by atoms with Gasteiger partial charge < -0.3 is 51.3 Å². The Morgan fingerprint density at radius 1 is 0.333 bits per heavy atom. The minimum absolute atomic E-state index is 0.00552. The van der Waals surface area contributed by atoms with Crippen molar-refractivity contribution in [1.82, 2.24) is 24.5 Å². The van der Waals surface area contributed by atoms with Crippen LogP contribution in [0.25, 0.3) is 0 Å². The molecule has 87 heavy (non-hydrogen) atoms. The number of hydrogen-bond donors (Lipinski definition) is 5. The Labute approximate surface area is 523 Å². The summed E-state index contributed by atoms with van der Waals surface area (Å²) in [6.07, 6.45) is 38.4. The molecular weight excluding hydrogens is 1110 g/mol. The van der Waals surface area contributed by atoms with Gasteiger partial charge in [-0.1, -0.05) is 195 Å². The zero-order chi connectivity index (χ0) is 65.2. The summed E-state index contributed by atoms with van der Waals surface area (Å²) in [5.74, 6) is -5.12. The van der Waals surface area contributed by atoms with Crippen molar-refractivity contribution in [1.29, 1.82) is 0 Å². The van der Waals surface area contributed by atoms with Crippen LogP contribution in [0.4, 0.5) is 0 Å². The van der Waals surface area contributed by atoms with Crippen LogP contribution < -0.4 is 11.5 Å². The number of primary amides is 2. The molecule has 0 saturated carbocycles. The van der Waals surface area contributed by atoms with E-state index in [-0.39, 0.29) is 78.0 Å². The summed E-state index contributed by atoms with van der Waals surface area (Å²) in [4.78, 5) is 121. The minimum Gasteiger partial charge on any atom is -0.481 e. The Morgan fingerprint density at radius 3 is 0.701 bits per heavy atom. The fourth-order valence-corrected chi connectivity index (χ4v) is 11.6. The van der Waals surface area contributed by atoms with Crippen molar-refractivity contribution in [2.75, 3.05) is 58.9 Å². The lowest BCUT2D eigenvalue weighted by atomic mass is 10.1. The summed E-state index contributed by atoms with van der Waals surface area (Å²) in [5.41, 5.74) is 10.2. The highest BCUT2D eigenvalue weighted by molar-refractivity contribution is 5.90. The predicted octanol–water partition coefficient (Wildman–Crippen LogP) is 11.0. The summed E-state index contributed by atoms with van der Waals surface area (Å²) < 4.78 is 0. The van der Waals surface area contributed by atoms with Gasteiger partial charge in [-0.3, -0.25) is 47.9 Å². The van der Waals surface area contributed by atoms with Gasteiger partial charge >= 0.3 is 17.9 Å². The molecule has 0 aromatic rings. The summed E-state index contributed by atoms with van der Waals surface area (Å²) in [6, 6.07) is 0. The van der Waals surface area contributed by atoms with Gasteiger partial charge in [0, 0.05) is 96.5 Å². The van der Waals surface area contributed by atoms with Crippen molar-refractivity contribution in [2.45, 2.75) is 279 Å². The number of carbonyl (C=O) groups is 10. The maximum absolute atomic E-state index is 11.7. The molecule has 5 aliphatic rings. The molecule has 5 saturated heterocycles. The van der Waals surface area contributed by atoms with E-state index in [2.05, 4.69) is 27.7 Å². The molecule has 20 heteroatoms. The molecule has 0 spiro atoms. The van der Waals surface area contributed by atoms with E-state index in [4.69, 9.17) is 26.8 Å². The van der Waals surface area contributed by atoms with Crippen LogP contribution in [0.2, 0.25) is 0 Å². The van der Waals surface area contributed by atoms with E-state index in [0.29, 0.717) is 45.6 Å². The molecule has 5 atom stereocenters. The third-order valence-electron chi connectivity index (χ3n) is 17.3. The Morgan fingerprint density at radius 2 is 0.529 bits per heavy atom. The van der Waals surface area contributed by atoms with Gasteiger partial charge in [-0.2, -0.15) is 0 Å². The fraction of sp³-hybridized carbons (Fsp3) is 0.851. The smallest absolute Gasteiger partial charge is 0.308 e. The van der Waals surface area contributed by atoms with Crippen LogP contribution in [-0.2, 0) is 47.9 Å². The predicted molar refractivity (Wildman–Crippen MR) is 341 cm³/mol. The van der Waals surface area contributed by atoms with Crippen molar-refractivity contribution in [3.8, 4) is 0 Å². The second-order valence-electron chi connectivity index (χ2n) is 26.1. The van der Waals surface area contributed by atoms with E-state index in [0.717, 1.165) is 64.7 Å². The summed E-state index contributed by atoms with van der Waals surface area (Å²) >= 11 is 0. The van der Waals surface area contributed by atoms with Gasteiger partial charge in [0.2, 0.25) is 41.4 Å². The zero-order valence-corrected chi connectivity index (χ0v) is 55.3. The first kappa shape index (κ1) is 79.7. The van der Waals surface area contributed by atoms with Crippen LogP contribution in [0.1, 0.15) is 273 Å². The first-order valence-electron chi connectivity index (χ1n) is 34.1. The highest BCUT2D eigenvalue weighted by Crippen LogP contribution is 2.26. The summed E-state index contributed by atoms with van der Waals surface area (Å²) in [7, 11) is 0. The molecule has 7 N–H and O–H groups in total. The summed E-state index contributed by atoms with van der Waals surface area (Å²) in [6.45, 7) is 19.9. The lowest BCUT2D eigenvalue weighted by Crippen LogP contribution is -2.42. The third kappa shape index (κ3) is 35.5. The molecule has 0 bridgehead atoms. The van der Waals surface area contributed by atoms with Crippen LogP contribution in [0.3, 0.4) is 0 Å². The number of hydrogen-bond acceptors (Lipinski definition) is 10. The first-order chi connectivity index (χ1) is 41.4. The number of carboxylic acids is 3. The van der Waals surface area contributed by atoms with E-state index in [1.807, 2.05) is 20.8 Å². The lowest BCUT2D eigenvalue weighted by Gasteiger charge is -2.31. The van der Waals surface area contributed by atoms with Gasteiger partial charge in [-0.15, -0.1) is 0 Å². The number of nitrogens with two attached hydrogens (primary N) is 2. The molecule has 5 fully saturated rings. The van der Waals surface area contributed by atoms with E-state index >= 15 is 0 Å². The van der Waals surface area contributed by atoms with Gasteiger partial charge in [-0.25, -0.2) is 0 Å². The Balaban J connectivity index is 0.000000547. The fourth-order valence-electron chi connectivity index (χ4n) is 11.6. The van der Waals surface area contributed by atoms with Crippen LogP contribution >= 0.6 is 0 Å². The average molecular weight is 1230 g/mol. The molecular formula is C67H121N7O13. The van der Waals surface area contributed by atoms with Gasteiger partial charge in [-0.05, 0) is 46.5 Å². The largest absolute Gasteiger partial charge is 0.481 e. The number of unbranched alkanes of at least 4 members (excludes halogenated alkanes) is 26. The zero-order valence-electron chi connectivity index (χ0n) is 55.3. The van der Waals surface area contributed by atoms with E-state index in [1.165, 1.54) is 154 Å². The maximum atomic E-state index is 11.7. The Bertz CT molecular complexity index is 2030. The molecule has 20 nitrogen and oxygen atoms in total. The normalized spacial score (nSPS) is 20.0. The standard InChI is InChI=1S/C16H30N2O2.C15H28N2O2.C14H25NO3.C13H23NO3.C9H15NO3/c1-2-3-4-5-6-7-8-9-10-11-18-13-14(16(17)20)12-15(18)19;1-2-3-4-5-6-7-8-9-10-17-12-13(15(16)19)11-14(17)18;1-2-3-4-5-6-7-8-9-15-11-12(14(17)18)10-13(15)16;1-2-3-4-5-6-7-8-14-10-11(13(16)17)9-12(14)15;1-9(2,3)10-5-6(8(12)13)4-7(10)11/h14H,2-13H2,1H3,(H2,17,20);13H,2-12H2,1H3,(H2,16,19);12H,2-11H2,1H3,(H,17,18);11H,2-10H2,1H3,(H,16,17);6H,4-5H2,1-3H3,(H,12,13). The highest BCUT2D eigenvalue weighted by atomic mass is 16.4. The number of carbonyl (C=O) groups excluding carboxylic acids is 7. The maximum Gasteiger partial charge on any atom is 0.308 e. The topological polar surface area (TPSA) is 300 Å². The Kier molecular flexibility index (Phi) is 42.8. The molecule has 5 unspecified atom stereocenters. The van der Waals surface area contributed by atoms with Gasteiger partial charge in [0.15, 0.2) is 0 Å². The van der Waals surface area contributed by atoms with Crippen molar-refractivity contribution in [3.63, 3.8) is 0 Å². The second kappa shape index (κ2) is 46.8. The van der Waals surface area contributed by atoms with Crippen molar-refractivity contribution < 1.29 is 63.3 Å². The number of aliphatic carboxylic acids is 3. The number of likely N-dealkylation sites (tertiary alicyclic amines) is 5. The van der Waals surface area contributed by atoms with Crippen molar-refractivity contribution in [3.05, 3.63) is 0 Å². The lowest BCUT2D eigenvalue weighted by molar-refractivity contribution is -0.142. The van der Waals surface area contributed by atoms with Gasteiger partial charge in [0.1, 0.15) is 0 Å². The molecule has 7 amide bonds. The molecule has 0 aromatic heterocycles. The molecule has 502 valence electrons. The van der Waals surface area contributed by atoms with Gasteiger partial charge in [0.05, 0.1) is 29.6 Å². The number of amides is 7. The van der Waals surface area contributed by atoms with E-state index < -0.39 is 35.7 Å². The van der Waals surface area contributed by atoms with Crippen LogP contribution in [0.5, 0.6) is 0 Å². The summed E-state index contributed by atoms with van der Waals surface area (Å²) in [5, 5.41) is 26.4. The van der Waals surface area contributed by atoms with Crippen molar-refractivity contribution in [2.24, 2.45) is 41.1 Å². The van der Waals surface area contributed by atoms with Crippen LogP contribution in [0.15, 0.2) is 0 Å². The third-order valence-corrected chi connectivity index (χ3v) is 17.3. The average Bonchev–Trinajstić information content (AvgIpc) is 2.87. The SMILES string of the molecule is CC(C)(C)N1CC(C(=O)O)CC1=O.CCCCCCCCCCCN1CC(C(N)=O)CC1=O.CCCCCCCCCCN1CC(C(N)=O)CC1=O.CCCCCCCCCN1CC(C(=O)O)CC1=O.CCCCCCCCN1CC(C(=O)O)CC1=O. The first-order valence-corrected chi connectivity index (χ1v) is 34.1. The van der Waals surface area contributed by atoms with Crippen molar-refractivity contribution >= 4 is 59.3 Å². The molecule has 5 rings (SSSR count). The number of nitrogens with zero attached hydrogens (tertiary/aromatic N) is 5. The molecule has 0 aromatic carbocycles. The number of rotatable bonds is 39. The van der Waals surface area contributed by atoms with E-state index in [1.54, 1.807) is 24.5 Å². The molecule has 5 heterocycles. The second-order valence-corrected chi connectivity index (χ2v) is 26.1. The monoisotopic (exact) mass is 1230 g/mol. The van der Waals surface area contributed by atoms with Gasteiger partial charge in [0.25, 0.3) is 0 Å². The minimum atomic E-state index is -0.875. The number of carboxylic acid groups (broad SMARTS) is 3. The molecule has 0 radical (unpaired) electrons. The van der Waals surface area contributed by atoms with Crippen LogP contribution in [0, 0.1) is 29.6 Å². The van der Waals surface area contributed by atoms with E-state index in [9.17, 15) is 47.9 Å². The molecule has 0 aliphatic carbocycles. The molecule has 5 aliphatic heterocycles. The highest BCUT2D eigenvalue weighted by Gasteiger charge is 2.40. The quantitative estimate of drug-likeness (QED) is 0.0358. The Hall–Kier alpha value is -5.30. The van der Waals surface area contributed by atoms with Crippen LogP contribution in [-0.4, -0.2) is 164 Å².